The Morgan fingerprint density at radius 2 is 2.12 bits per heavy atom. The van der Waals surface area contributed by atoms with E-state index in [4.69, 9.17) is 9.52 Å². The Balaban J connectivity index is 2.50. The summed E-state index contributed by atoms with van der Waals surface area (Å²) < 4.78 is 5.13. The number of aliphatic carboxylic acids is 1. The number of ketones is 1. The molecule has 1 aromatic heterocycles. The number of hydrogen-bond acceptors (Lipinski definition) is 5. The van der Waals surface area contributed by atoms with Crippen molar-refractivity contribution in [1.29, 1.82) is 0 Å². The highest BCUT2D eigenvalue weighted by atomic mass is 16.4. The average Bonchev–Trinajstić information content (AvgIpc) is 2.70. The van der Waals surface area contributed by atoms with E-state index in [0.29, 0.717) is 11.1 Å². The van der Waals surface area contributed by atoms with Gasteiger partial charge < -0.3 is 14.6 Å². The summed E-state index contributed by atoms with van der Waals surface area (Å²) in [5, 5.41) is 18.0. The molecule has 1 aromatic carbocycles. The standard InChI is InChI=1S/C11H9NO5/c1-5(13)10-12-7-4-6(9(14)11(15)16)2-3-8(7)17-10/h2-4,9,14H,1H3,(H,15,16). The molecule has 88 valence electrons. The number of rotatable bonds is 3. The van der Waals surface area contributed by atoms with Crippen LogP contribution in [-0.4, -0.2) is 26.9 Å². The maximum Gasteiger partial charge on any atom is 0.337 e. The number of carbonyl (C=O) groups is 2. The molecule has 2 N–H and O–H groups in total. The molecular weight excluding hydrogens is 226 g/mol. The zero-order valence-electron chi connectivity index (χ0n) is 8.88. The molecule has 1 atom stereocenters. The highest BCUT2D eigenvalue weighted by Crippen LogP contribution is 2.21. The van der Waals surface area contributed by atoms with Gasteiger partial charge >= 0.3 is 5.97 Å². The first-order valence-electron chi connectivity index (χ1n) is 4.81. The van der Waals surface area contributed by atoms with Crippen molar-refractivity contribution in [2.24, 2.45) is 0 Å². The third kappa shape index (κ3) is 2.02. The number of Topliss-reactive ketones (excluding diaryl/α,β-unsaturated/α-hetero) is 1. The van der Waals surface area contributed by atoms with Gasteiger partial charge in [0.05, 0.1) is 0 Å². The Morgan fingerprint density at radius 1 is 1.41 bits per heavy atom. The SMILES string of the molecule is CC(=O)c1nc2cc(C(O)C(=O)O)ccc2o1. The third-order valence-electron chi connectivity index (χ3n) is 2.26. The van der Waals surface area contributed by atoms with E-state index in [1.807, 2.05) is 0 Å². The Morgan fingerprint density at radius 3 is 2.71 bits per heavy atom. The van der Waals surface area contributed by atoms with Crippen molar-refractivity contribution in [3.63, 3.8) is 0 Å². The average molecular weight is 235 g/mol. The van der Waals surface area contributed by atoms with Gasteiger partial charge in [-0.1, -0.05) is 6.07 Å². The van der Waals surface area contributed by atoms with Crippen LogP contribution in [-0.2, 0) is 4.79 Å². The fourth-order valence-corrected chi connectivity index (χ4v) is 1.41. The van der Waals surface area contributed by atoms with Crippen molar-refractivity contribution in [1.82, 2.24) is 4.98 Å². The Kier molecular flexibility index (Phi) is 2.64. The van der Waals surface area contributed by atoms with Gasteiger partial charge in [0, 0.05) is 6.92 Å². The molecule has 0 saturated heterocycles. The maximum atomic E-state index is 11.0. The minimum Gasteiger partial charge on any atom is -0.479 e. The lowest BCUT2D eigenvalue weighted by Crippen LogP contribution is -2.10. The van der Waals surface area contributed by atoms with E-state index in [-0.39, 0.29) is 17.2 Å². The fraction of sp³-hybridized carbons (Fsp3) is 0.182. The molecule has 1 heterocycles. The number of carbonyl (C=O) groups excluding carboxylic acids is 1. The van der Waals surface area contributed by atoms with Crippen LogP contribution in [0.1, 0.15) is 29.3 Å². The van der Waals surface area contributed by atoms with Gasteiger partial charge in [-0.05, 0) is 17.7 Å². The predicted molar refractivity (Wildman–Crippen MR) is 56.6 cm³/mol. The number of oxazole rings is 1. The minimum absolute atomic E-state index is 0.0398. The van der Waals surface area contributed by atoms with Crippen LogP contribution in [0.3, 0.4) is 0 Å². The summed E-state index contributed by atoms with van der Waals surface area (Å²) >= 11 is 0. The Hall–Kier alpha value is -2.21. The van der Waals surface area contributed by atoms with Crippen molar-refractivity contribution >= 4 is 22.9 Å². The normalized spacial score (nSPS) is 12.6. The summed E-state index contributed by atoms with van der Waals surface area (Å²) in [5.74, 6) is -1.71. The van der Waals surface area contributed by atoms with Crippen LogP contribution < -0.4 is 0 Å². The molecule has 0 fully saturated rings. The maximum absolute atomic E-state index is 11.0. The van der Waals surface area contributed by atoms with Crippen molar-refractivity contribution in [3.05, 3.63) is 29.7 Å². The lowest BCUT2D eigenvalue weighted by molar-refractivity contribution is -0.146. The quantitative estimate of drug-likeness (QED) is 0.774. The van der Waals surface area contributed by atoms with Crippen molar-refractivity contribution in [3.8, 4) is 0 Å². The minimum atomic E-state index is -1.61. The van der Waals surface area contributed by atoms with Gasteiger partial charge in [-0.2, -0.15) is 0 Å². The number of benzene rings is 1. The zero-order valence-corrected chi connectivity index (χ0v) is 8.88. The Bertz CT molecular complexity index is 601. The van der Waals surface area contributed by atoms with Crippen molar-refractivity contribution < 1.29 is 24.2 Å². The lowest BCUT2D eigenvalue weighted by Gasteiger charge is -2.03. The third-order valence-corrected chi connectivity index (χ3v) is 2.26. The predicted octanol–water partition coefficient (Wildman–Crippen LogP) is 1.15. The zero-order chi connectivity index (χ0) is 12.6. The highest BCUT2D eigenvalue weighted by Gasteiger charge is 2.18. The number of aliphatic hydroxyl groups is 1. The van der Waals surface area contributed by atoms with Gasteiger partial charge in [0.2, 0.25) is 5.78 Å². The molecular formula is C11H9NO5. The van der Waals surface area contributed by atoms with Crippen molar-refractivity contribution in [2.45, 2.75) is 13.0 Å². The second kappa shape index (κ2) is 3.99. The van der Waals surface area contributed by atoms with E-state index >= 15 is 0 Å². The van der Waals surface area contributed by atoms with Gasteiger partial charge in [-0.15, -0.1) is 0 Å². The van der Waals surface area contributed by atoms with Crippen LogP contribution in [0.4, 0.5) is 0 Å². The van der Waals surface area contributed by atoms with Crippen LogP contribution in [0.5, 0.6) is 0 Å². The number of fused-ring (bicyclic) bond motifs is 1. The number of aliphatic hydroxyl groups excluding tert-OH is 1. The van der Waals surface area contributed by atoms with Gasteiger partial charge in [0.1, 0.15) is 5.52 Å². The largest absolute Gasteiger partial charge is 0.479 e. The molecule has 0 aliphatic rings. The summed E-state index contributed by atoms with van der Waals surface area (Å²) in [6, 6.07) is 4.26. The topological polar surface area (TPSA) is 101 Å². The number of carboxylic acid groups (broad SMARTS) is 1. The molecule has 0 saturated carbocycles. The van der Waals surface area contributed by atoms with Crippen LogP contribution in [0.25, 0.3) is 11.1 Å². The van der Waals surface area contributed by atoms with E-state index in [2.05, 4.69) is 4.98 Å². The second-order valence-corrected chi connectivity index (χ2v) is 3.54. The highest BCUT2D eigenvalue weighted by molar-refractivity contribution is 5.92. The van der Waals surface area contributed by atoms with Crippen molar-refractivity contribution in [2.75, 3.05) is 0 Å². The lowest BCUT2D eigenvalue weighted by atomic mass is 10.1. The monoisotopic (exact) mass is 235 g/mol. The molecule has 0 bridgehead atoms. The molecule has 6 heteroatoms. The summed E-state index contributed by atoms with van der Waals surface area (Å²) in [5.41, 5.74) is 0.901. The number of nitrogens with zero attached hydrogens (tertiary/aromatic N) is 1. The summed E-state index contributed by atoms with van der Waals surface area (Å²) in [4.78, 5) is 25.5. The first-order chi connectivity index (χ1) is 7.99. The van der Waals surface area contributed by atoms with E-state index in [1.165, 1.54) is 25.1 Å². The van der Waals surface area contributed by atoms with Gasteiger partial charge in [0.15, 0.2) is 11.7 Å². The molecule has 1 unspecified atom stereocenters. The summed E-state index contributed by atoms with van der Waals surface area (Å²) in [6.07, 6.45) is -1.61. The molecule has 2 aromatic rings. The van der Waals surface area contributed by atoms with Gasteiger partial charge in [-0.3, -0.25) is 4.79 Å². The smallest absolute Gasteiger partial charge is 0.337 e. The molecule has 0 spiro atoms. The first kappa shape index (κ1) is 11.3. The molecule has 0 aliphatic carbocycles. The van der Waals surface area contributed by atoms with Gasteiger partial charge in [0.25, 0.3) is 5.89 Å². The first-order valence-corrected chi connectivity index (χ1v) is 4.81. The number of hydrogen-bond donors (Lipinski definition) is 2. The number of aromatic nitrogens is 1. The molecule has 6 nitrogen and oxygen atoms in total. The summed E-state index contributed by atoms with van der Waals surface area (Å²) in [6.45, 7) is 1.32. The molecule has 0 radical (unpaired) electrons. The van der Waals surface area contributed by atoms with Crippen LogP contribution in [0, 0.1) is 0 Å². The summed E-state index contributed by atoms with van der Waals surface area (Å²) in [7, 11) is 0. The molecule has 0 aliphatic heterocycles. The fourth-order valence-electron chi connectivity index (χ4n) is 1.41. The number of carboxylic acids is 1. The Labute approximate surface area is 95.5 Å². The van der Waals surface area contributed by atoms with E-state index in [9.17, 15) is 14.7 Å². The van der Waals surface area contributed by atoms with E-state index in [1.54, 1.807) is 0 Å². The molecule has 0 amide bonds. The van der Waals surface area contributed by atoms with Crippen LogP contribution in [0.15, 0.2) is 22.6 Å². The molecule has 17 heavy (non-hydrogen) atoms. The van der Waals surface area contributed by atoms with E-state index in [0.717, 1.165) is 0 Å². The second-order valence-electron chi connectivity index (χ2n) is 3.54. The van der Waals surface area contributed by atoms with E-state index < -0.39 is 12.1 Å². The molecule has 2 rings (SSSR count). The van der Waals surface area contributed by atoms with Crippen LogP contribution >= 0.6 is 0 Å². The van der Waals surface area contributed by atoms with Gasteiger partial charge in [-0.25, -0.2) is 9.78 Å². The van der Waals surface area contributed by atoms with Crippen LogP contribution in [0.2, 0.25) is 0 Å².